The van der Waals surface area contributed by atoms with Crippen LogP contribution in [-0.4, -0.2) is 23.9 Å². The van der Waals surface area contributed by atoms with E-state index < -0.39 is 0 Å². The van der Waals surface area contributed by atoms with Crippen LogP contribution in [0.4, 0.5) is 0 Å². The maximum absolute atomic E-state index is 12.2. The Kier molecular flexibility index (Phi) is 7.64. The van der Waals surface area contributed by atoms with Crippen LogP contribution in [0.5, 0.6) is 0 Å². The minimum Gasteiger partial charge on any atom is -0.339 e. The van der Waals surface area contributed by atoms with Crippen molar-refractivity contribution in [1.82, 2.24) is 4.90 Å². The number of allylic oxidation sites excluding steroid dienone is 3. The lowest BCUT2D eigenvalue weighted by atomic mass is 10.1. The predicted octanol–water partition coefficient (Wildman–Crippen LogP) is 4.72. The third kappa shape index (κ3) is 6.93. The van der Waals surface area contributed by atoms with Crippen LogP contribution in [-0.2, 0) is 4.79 Å². The summed E-state index contributed by atoms with van der Waals surface area (Å²) < 4.78 is 0. The van der Waals surface area contributed by atoms with Gasteiger partial charge in [0.05, 0.1) is 0 Å². The Morgan fingerprint density at radius 3 is 2.45 bits per heavy atom. The van der Waals surface area contributed by atoms with Crippen LogP contribution < -0.4 is 0 Å². The van der Waals surface area contributed by atoms with E-state index in [1.165, 1.54) is 11.1 Å². The Bertz CT molecular complexity index is 360. The van der Waals surface area contributed by atoms with Gasteiger partial charge in [0.2, 0.25) is 5.91 Å². The van der Waals surface area contributed by atoms with E-state index in [0.717, 1.165) is 51.6 Å². The molecule has 2 heteroatoms. The first-order valence-electron chi connectivity index (χ1n) is 8.12. The van der Waals surface area contributed by atoms with Gasteiger partial charge in [0.15, 0.2) is 0 Å². The number of hydrogen-bond acceptors (Lipinski definition) is 1. The zero-order chi connectivity index (χ0) is 15.0. The van der Waals surface area contributed by atoms with Crippen LogP contribution in [0.3, 0.4) is 0 Å². The van der Waals surface area contributed by atoms with Gasteiger partial charge in [-0.1, -0.05) is 36.6 Å². The fourth-order valence-electron chi connectivity index (χ4n) is 2.19. The van der Waals surface area contributed by atoms with Gasteiger partial charge in [-0.25, -0.2) is 0 Å². The Balaban J connectivity index is 2.42. The van der Waals surface area contributed by atoms with Crippen molar-refractivity contribution in [1.29, 1.82) is 0 Å². The smallest absolute Gasteiger partial charge is 0.225 e. The molecule has 1 fully saturated rings. The maximum atomic E-state index is 12.2. The molecule has 0 heterocycles. The molecule has 1 saturated carbocycles. The normalized spacial score (nSPS) is 15.1. The second kappa shape index (κ2) is 8.99. The standard InChI is InChI=1S/C18H31NO/c1-5-6-13-19(18(20)17-10-11-17)14-12-16(4)9-7-8-15(2)3/h8,12,17H,5-7,9-11,13-14H2,1-4H3/b16-12-. The first-order chi connectivity index (χ1) is 9.54. The summed E-state index contributed by atoms with van der Waals surface area (Å²) in [6.45, 7) is 10.4. The maximum Gasteiger partial charge on any atom is 0.225 e. The van der Waals surface area contributed by atoms with Gasteiger partial charge in [0.1, 0.15) is 0 Å². The highest BCUT2D eigenvalue weighted by Gasteiger charge is 2.32. The van der Waals surface area contributed by atoms with Crippen molar-refractivity contribution in [3.8, 4) is 0 Å². The molecule has 1 rings (SSSR count). The summed E-state index contributed by atoms with van der Waals surface area (Å²) in [5.74, 6) is 0.720. The number of nitrogens with zero attached hydrogens (tertiary/aromatic N) is 1. The lowest BCUT2D eigenvalue weighted by Gasteiger charge is -2.21. The van der Waals surface area contributed by atoms with Gasteiger partial charge in [0, 0.05) is 19.0 Å². The molecule has 0 saturated heterocycles. The summed E-state index contributed by atoms with van der Waals surface area (Å²) in [6.07, 6.45) is 11.2. The van der Waals surface area contributed by atoms with Crippen LogP contribution in [0.1, 0.15) is 66.2 Å². The highest BCUT2D eigenvalue weighted by Crippen LogP contribution is 2.31. The zero-order valence-corrected chi connectivity index (χ0v) is 13.7. The first-order valence-corrected chi connectivity index (χ1v) is 8.12. The second-order valence-corrected chi connectivity index (χ2v) is 6.28. The monoisotopic (exact) mass is 277 g/mol. The van der Waals surface area contributed by atoms with Gasteiger partial charge in [0.25, 0.3) is 0 Å². The van der Waals surface area contributed by atoms with Gasteiger partial charge in [-0.3, -0.25) is 4.79 Å². The topological polar surface area (TPSA) is 20.3 Å². The van der Waals surface area contributed by atoms with Gasteiger partial charge in [-0.05, 0) is 52.9 Å². The third-order valence-corrected chi connectivity index (χ3v) is 3.77. The van der Waals surface area contributed by atoms with Crippen LogP contribution in [0, 0.1) is 5.92 Å². The second-order valence-electron chi connectivity index (χ2n) is 6.28. The fraction of sp³-hybridized carbons (Fsp3) is 0.722. The Labute approximate surface area is 124 Å². The number of unbranched alkanes of at least 4 members (excludes halogenated alkanes) is 1. The van der Waals surface area contributed by atoms with E-state index in [4.69, 9.17) is 0 Å². The quantitative estimate of drug-likeness (QED) is 0.558. The SMILES string of the molecule is CCCCN(C/C=C(/C)CCC=C(C)C)C(=O)C1CC1. The van der Waals surface area contributed by atoms with E-state index >= 15 is 0 Å². The Morgan fingerprint density at radius 1 is 1.20 bits per heavy atom. The van der Waals surface area contributed by atoms with Crippen molar-refractivity contribution in [3.63, 3.8) is 0 Å². The minimum absolute atomic E-state index is 0.339. The molecule has 2 nitrogen and oxygen atoms in total. The number of hydrogen-bond donors (Lipinski definition) is 0. The molecule has 1 amide bonds. The van der Waals surface area contributed by atoms with Crippen LogP contribution in [0.2, 0.25) is 0 Å². The van der Waals surface area contributed by atoms with E-state index in [9.17, 15) is 4.79 Å². The zero-order valence-electron chi connectivity index (χ0n) is 13.7. The Morgan fingerprint density at radius 2 is 1.90 bits per heavy atom. The summed E-state index contributed by atoms with van der Waals surface area (Å²) in [6, 6.07) is 0. The number of rotatable bonds is 9. The van der Waals surface area contributed by atoms with Gasteiger partial charge < -0.3 is 4.90 Å². The number of carbonyl (C=O) groups is 1. The van der Waals surface area contributed by atoms with Crippen molar-refractivity contribution in [3.05, 3.63) is 23.3 Å². The molecule has 0 aromatic rings. The van der Waals surface area contributed by atoms with E-state index in [1.54, 1.807) is 0 Å². The van der Waals surface area contributed by atoms with Crippen molar-refractivity contribution >= 4 is 5.91 Å². The summed E-state index contributed by atoms with van der Waals surface area (Å²) in [5, 5.41) is 0. The molecule has 0 atom stereocenters. The van der Waals surface area contributed by atoms with Crippen molar-refractivity contribution < 1.29 is 4.79 Å². The first kappa shape index (κ1) is 17.0. The molecule has 0 unspecified atom stereocenters. The molecule has 0 aromatic carbocycles. The largest absolute Gasteiger partial charge is 0.339 e. The highest BCUT2D eigenvalue weighted by atomic mass is 16.2. The molecule has 114 valence electrons. The van der Waals surface area contributed by atoms with Crippen LogP contribution in [0.25, 0.3) is 0 Å². The van der Waals surface area contributed by atoms with E-state index in [-0.39, 0.29) is 0 Å². The van der Waals surface area contributed by atoms with E-state index in [1.807, 2.05) is 0 Å². The summed E-state index contributed by atoms with van der Waals surface area (Å²) in [5.41, 5.74) is 2.78. The third-order valence-electron chi connectivity index (χ3n) is 3.77. The molecule has 0 aliphatic heterocycles. The molecule has 0 bridgehead atoms. The summed E-state index contributed by atoms with van der Waals surface area (Å²) in [4.78, 5) is 14.3. The van der Waals surface area contributed by atoms with Crippen LogP contribution in [0.15, 0.2) is 23.3 Å². The molecular formula is C18H31NO. The number of amides is 1. The summed E-state index contributed by atoms with van der Waals surface area (Å²) >= 11 is 0. The van der Waals surface area contributed by atoms with Gasteiger partial charge in [-0.2, -0.15) is 0 Å². The average molecular weight is 277 g/mol. The molecular weight excluding hydrogens is 246 g/mol. The minimum atomic E-state index is 0.339. The van der Waals surface area contributed by atoms with Gasteiger partial charge >= 0.3 is 0 Å². The predicted molar refractivity (Wildman–Crippen MR) is 86.6 cm³/mol. The molecule has 1 aliphatic carbocycles. The van der Waals surface area contributed by atoms with Gasteiger partial charge in [-0.15, -0.1) is 0 Å². The lowest BCUT2D eigenvalue weighted by molar-refractivity contribution is -0.132. The van der Waals surface area contributed by atoms with E-state index in [0.29, 0.717) is 11.8 Å². The molecule has 0 N–H and O–H groups in total. The van der Waals surface area contributed by atoms with Crippen molar-refractivity contribution in [2.24, 2.45) is 5.92 Å². The summed E-state index contributed by atoms with van der Waals surface area (Å²) in [7, 11) is 0. The fourth-order valence-corrected chi connectivity index (χ4v) is 2.19. The van der Waals surface area contributed by atoms with Crippen molar-refractivity contribution in [2.45, 2.75) is 66.2 Å². The lowest BCUT2D eigenvalue weighted by Crippen LogP contribution is -2.33. The van der Waals surface area contributed by atoms with Crippen LogP contribution >= 0.6 is 0 Å². The van der Waals surface area contributed by atoms with E-state index in [2.05, 4.69) is 44.7 Å². The molecule has 20 heavy (non-hydrogen) atoms. The molecule has 0 aromatic heterocycles. The average Bonchev–Trinajstić information content (AvgIpc) is 3.22. The molecule has 0 radical (unpaired) electrons. The van der Waals surface area contributed by atoms with Crippen molar-refractivity contribution in [2.75, 3.05) is 13.1 Å². The molecule has 1 aliphatic rings. The Hall–Kier alpha value is -1.05. The molecule has 0 spiro atoms. The number of carbonyl (C=O) groups excluding carboxylic acids is 1. The highest BCUT2D eigenvalue weighted by molar-refractivity contribution is 5.81.